The second-order valence-corrected chi connectivity index (χ2v) is 2.44. The zero-order valence-corrected chi connectivity index (χ0v) is 8.55. The summed E-state index contributed by atoms with van der Waals surface area (Å²) < 4.78 is 12.5. The van der Waals surface area contributed by atoms with Crippen molar-refractivity contribution in [2.45, 2.75) is 12.6 Å². The van der Waals surface area contributed by atoms with Crippen molar-refractivity contribution < 1.29 is 4.39 Å². The molecule has 0 rings (SSSR count). The predicted molar refractivity (Wildman–Crippen MR) is 51.6 cm³/mol. The summed E-state index contributed by atoms with van der Waals surface area (Å²) in [6.45, 7) is 0.923. The molecule has 2 N–H and O–H groups in total. The molecule has 2 nitrogen and oxygen atoms in total. The standard InChI is InChI=1S/C6H15FN2.2ClH/c1-9(2)5-6(7)3-4-8;;/h6H,3-5,8H2,1-2H3;2*1H. The molecule has 0 radical (unpaired) electrons. The first-order valence-corrected chi connectivity index (χ1v) is 3.15. The lowest BCUT2D eigenvalue weighted by atomic mass is 10.3. The fourth-order valence-corrected chi connectivity index (χ4v) is 0.668. The number of rotatable bonds is 4. The zero-order chi connectivity index (χ0) is 7.28. The van der Waals surface area contributed by atoms with Crippen molar-refractivity contribution >= 4 is 24.8 Å². The molecule has 0 aliphatic rings. The molecule has 0 bridgehead atoms. The van der Waals surface area contributed by atoms with E-state index in [1.807, 2.05) is 19.0 Å². The third-order valence-electron chi connectivity index (χ3n) is 1.04. The molecule has 0 aromatic heterocycles. The van der Waals surface area contributed by atoms with Crippen LogP contribution in [-0.2, 0) is 0 Å². The van der Waals surface area contributed by atoms with Gasteiger partial charge in [0, 0.05) is 6.54 Å². The highest BCUT2D eigenvalue weighted by atomic mass is 35.5. The summed E-state index contributed by atoms with van der Waals surface area (Å²) in [5, 5.41) is 0. The molecule has 0 aromatic rings. The molecule has 0 aliphatic carbocycles. The SMILES string of the molecule is CN(C)CC(F)CCN.Cl.Cl. The van der Waals surface area contributed by atoms with Gasteiger partial charge in [-0.3, -0.25) is 0 Å². The number of nitrogens with two attached hydrogens (primary N) is 1. The van der Waals surface area contributed by atoms with E-state index in [2.05, 4.69) is 0 Å². The van der Waals surface area contributed by atoms with E-state index >= 15 is 0 Å². The Labute approximate surface area is 80.1 Å². The quantitative estimate of drug-likeness (QED) is 0.747. The highest BCUT2D eigenvalue weighted by molar-refractivity contribution is 5.85. The van der Waals surface area contributed by atoms with Gasteiger partial charge in [0.15, 0.2) is 0 Å². The topological polar surface area (TPSA) is 29.3 Å². The van der Waals surface area contributed by atoms with Gasteiger partial charge >= 0.3 is 0 Å². The van der Waals surface area contributed by atoms with Gasteiger partial charge in [-0.2, -0.15) is 0 Å². The average molecular weight is 207 g/mol. The summed E-state index contributed by atoms with van der Waals surface area (Å²) in [6.07, 6.45) is -0.289. The van der Waals surface area contributed by atoms with Gasteiger partial charge in [-0.15, -0.1) is 24.8 Å². The third kappa shape index (κ3) is 13.4. The molecule has 0 fully saturated rings. The molecule has 11 heavy (non-hydrogen) atoms. The van der Waals surface area contributed by atoms with Crippen molar-refractivity contribution in [3.63, 3.8) is 0 Å². The monoisotopic (exact) mass is 206 g/mol. The Morgan fingerprint density at radius 2 is 1.82 bits per heavy atom. The van der Waals surface area contributed by atoms with E-state index in [0.717, 1.165) is 0 Å². The molecule has 0 saturated heterocycles. The Bertz CT molecular complexity index is 73.6. The molecule has 0 amide bonds. The normalized spacial score (nSPS) is 11.7. The van der Waals surface area contributed by atoms with Crippen molar-refractivity contribution in [3.05, 3.63) is 0 Å². The number of nitrogens with zero attached hydrogens (tertiary/aromatic N) is 1. The maximum Gasteiger partial charge on any atom is 0.114 e. The minimum Gasteiger partial charge on any atom is -0.330 e. The van der Waals surface area contributed by atoms with Crippen LogP contribution in [0.5, 0.6) is 0 Å². The van der Waals surface area contributed by atoms with Crippen LogP contribution in [0.15, 0.2) is 0 Å². The summed E-state index contributed by atoms with van der Waals surface area (Å²) in [4.78, 5) is 1.82. The summed E-state index contributed by atoms with van der Waals surface area (Å²) in [7, 11) is 3.70. The zero-order valence-electron chi connectivity index (χ0n) is 6.92. The molecular weight excluding hydrogens is 190 g/mol. The molecule has 5 heteroatoms. The summed E-state index contributed by atoms with van der Waals surface area (Å²) in [6, 6.07) is 0. The van der Waals surface area contributed by atoms with Crippen LogP contribution in [0.25, 0.3) is 0 Å². The molecule has 72 valence electrons. The maximum absolute atomic E-state index is 12.5. The van der Waals surface area contributed by atoms with Crippen LogP contribution < -0.4 is 5.73 Å². The van der Waals surface area contributed by atoms with Gasteiger partial charge in [-0.1, -0.05) is 0 Å². The van der Waals surface area contributed by atoms with E-state index in [1.165, 1.54) is 0 Å². The van der Waals surface area contributed by atoms with Crippen molar-refractivity contribution in [3.8, 4) is 0 Å². The molecule has 0 saturated carbocycles. The van der Waals surface area contributed by atoms with Gasteiger partial charge < -0.3 is 10.6 Å². The van der Waals surface area contributed by atoms with Crippen LogP contribution in [0, 0.1) is 0 Å². The summed E-state index contributed by atoms with van der Waals surface area (Å²) in [5.41, 5.74) is 5.15. The Hall–Kier alpha value is 0.430. The average Bonchev–Trinajstić information content (AvgIpc) is 1.63. The van der Waals surface area contributed by atoms with Gasteiger partial charge in [-0.25, -0.2) is 4.39 Å². The highest BCUT2D eigenvalue weighted by Gasteiger charge is 2.04. The number of hydrogen-bond donors (Lipinski definition) is 1. The first-order valence-electron chi connectivity index (χ1n) is 3.15. The fourth-order valence-electron chi connectivity index (χ4n) is 0.668. The van der Waals surface area contributed by atoms with Crippen molar-refractivity contribution in [2.75, 3.05) is 27.2 Å². The lowest BCUT2D eigenvalue weighted by Gasteiger charge is -2.12. The maximum atomic E-state index is 12.5. The van der Waals surface area contributed by atoms with Gasteiger partial charge in [-0.05, 0) is 27.1 Å². The number of hydrogen-bond acceptors (Lipinski definition) is 2. The van der Waals surface area contributed by atoms with Crippen LogP contribution in [0.1, 0.15) is 6.42 Å². The Kier molecular flexibility index (Phi) is 16.6. The lowest BCUT2D eigenvalue weighted by Crippen LogP contribution is -2.24. The highest BCUT2D eigenvalue weighted by Crippen LogP contribution is 1.96. The minimum absolute atomic E-state index is 0. The van der Waals surface area contributed by atoms with E-state index < -0.39 is 6.17 Å². The Morgan fingerprint density at radius 3 is 2.09 bits per heavy atom. The van der Waals surface area contributed by atoms with E-state index in [0.29, 0.717) is 19.5 Å². The van der Waals surface area contributed by atoms with Gasteiger partial charge in [0.2, 0.25) is 0 Å². The molecule has 0 heterocycles. The van der Waals surface area contributed by atoms with Crippen molar-refractivity contribution in [1.29, 1.82) is 0 Å². The summed E-state index contributed by atoms with van der Waals surface area (Å²) >= 11 is 0. The van der Waals surface area contributed by atoms with Gasteiger partial charge in [0.1, 0.15) is 6.17 Å². The largest absolute Gasteiger partial charge is 0.330 e. The number of alkyl halides is 1. The van der Waals surface area contributed by atoms with Gasteiger partial charge in [0.05, 0.1) is 0 Å². The van der Waals surface area contributed by atoms with E-state index in [1.54, 1.807) is 0 Å². The first kappa shape index (κ1) is 17.5. The molecule has 0 spiro atoms. The van der Waals surface area contributed by atoms with Crippen LogP contribution in [0.3, 0.4) is 0 Å². The van der Waals surface area contributed by atoms with E-state index in [-0.39, 0.29) is 24.8 Å². The number of halogens is 3. The molecule has 1 unspecified atom stereocenters. The third-order valence-corrected chi connectivity index (χ3v) is 1.04. The second-order valence-electron chi connectivity index (χ2n) is 2.44. The lowest BCUT2D eigenvalue weighted by molar-refractivity contribution is 0.238. The van der Waals surface area contributed by atoms with E-state index in [9.17, 15) is 4.39 Å². The fraction of sp³-hybridized carbons (Fsp3) is 1.00. The summed E-state index contributed by atoms with van der Waals surface area (Å²) in [5.74, 6) is 0. The predicted octanol–water partition coefficient (Wildman–Crippen LogP) is 1.08. The van der Waals surface area contributed by atoms with Crippen LogP contribution >= 0.6 is 24.8 Å². The molecule has 0 aliphatic heterocycles. The minimum atomic E-state index is -0.759. The molecule has 1 atom stereocenters. The Balaban J connectivity index is -0.000000320. The van der Waals surface area contributed by atoms with Crippen molar-refractivity contribution in [1.82, 2.24) is 4.90 Å². The van der Waals surface area contributed by atoms with Crippen LogP contribution in [-0.4, -0.2) is 38.3 Å². The van der Waals surface area contributed by atoms with Gasteiger partial charge in [0.25, 0.3) is 0 Å². The Morgan fingerprint density at radius 1 is 1.36 bits per heavy atom. The van der Waals surface area contributed by atoms with Crippen LogP contribution in [0.2, 0.25) is 0 Å². The van der Waals surface area contributed by atoms with Crippen LogP contribution in [0.4, 0.5) is 4.39 Å². The van der Waals surface area contributed by atoms with Crippen molar-refractivity contribution in [2.24, 2.45) is 5.73 Å². The molecular formula is C6H17Cl2FN2. The smallest absolute Gasteiger partial charge is 0.114 e. The first-order chi connectivity index (χ1) is 4.16. The second kappa shape index (κ2) is 10.4. The van der Waals surface area contributed by atoms with E-state index in [4.69, 9.17) is 5.73 Å². The molecule has 0 aromatic carbocycles.